The maximum Gasteiger partial charge on any atom is 0.131 e. The third kappa shape index (κ3) is 3.01. The lowest BCUT2D eigenvalue weighted by Gasteiger charge is -2.30. The van der Waals surface area contributed by atoms with Crippen LogP contribution < -0.4 is 0 Å². The predicted molar refractivity (Wildman–Crippen MR) is 193 cm³/mol. The Kier molecular flexibility index (Phi) is 4.80. The summed E-state index contributed by atoms with van der Waals surface area (Å²) in [5.74, 6) is 0. The Morgan fingerprint density at radius 3 is 1.57 bits per heavy atom. The summed E-state index contributed by atoms with van der Waals surface area (Å²) in [6, 6.07) is 62.8. The number of hydrogen-bond acceptors (Lipinski definition) is 0. The van der Waals surface area contributed by atoms with Gasteiger partial charge in [-0.05, 0) is 80.4 Å². The minimum atomic E-state index is -0.343. The number of aromatic nitrogens is 2. The molecule has 2 nitrogen and oxygen atoms in total. The maximum absolute atomic E-state index is 2.49. The molecule has 0 aliphatic heterocycles. The molecule has 7 aromatic carbocycles. The molecule has 0 amide bonds. The van der Waals surface area contributed by atoms with Crippen molar-refractivity contribution in [2.75, 3.05) is 0 Å². The molecule has 0 atom stereocenters. The maximum atomic E-state index is 2.49. The largest absolute Gasteiger partial charge is 0.293 e. The Morgan fingerprint density at radius 1 is 0.383 bits per heavy atom. The van der Waals surface area contributed by atoms with Gasteiger partial charge in [0.05, 0.1) is 22.0 Å². The molecule has 0 bridgehead atoms. The molecule has 1 spiro atoms. The normalized spacial score (nSPS) is 13.7. The van der Waals surface area contributed by atoms with Gasteiger partial charge in [-0.1, -0.05) is 140 Å². The zero-order valence-corrected chi connectivity index (χ0v) is 25.6. The van der Waals surface area contributed by atoms with Gasteiger partial charge >= 0.3 is 0 Å². The number of fused-ring (bicyclic) bond motifs is 15. The van der Waals surface area contributed by atoms with Gasteiger partial charge in [0, 0.05) is 16.6 Å². The van der Waals surface area contributed by atoms with Crippen LogP contribution >= 0.6 is 0 Å². The van der Waals surface area contributed by atoms with Crippen LogP contribution in [-0.2, 0) is 5.41 Å². The number of para-hydroxylation sites is 3. The average molecular weight is 597 g/mol. The van der Waals surface area contributed by atoms with Crippen molar-refractivity contribution in [2.45, 2.75) is 5.41 Å². The van der Waals surface area contributed by atoms with Crippen LogP contribution in [-0.4, -0.2) is 8.97 Å². The third-order valence-electron chi connectivity index (χ3n) is 10.7. The number of imidazole rings is 1. The van der Waals surface area contributed by atoms with Gasteiger partial charge in [-0.15, -0.1) is 0 Å². The van der Waals surface area contributed by atoms with Crippen LogP contribution in [0.2, 0.25) is 0 Å². The van der Waals surface area contributed by atoms with Crippen molar-refractivity contribution in [3.8, 4) is 39.1 Å². The fourth-order valence-electron chi connectivity index (χ4n) is 9.02. The monoisotopic (exact) mass is 596 g/mol. The third-order valence-corrected chi connectivity index (χ3v) is 10.7. The SMILES string of the molecule is c1ccc(-c2c3ccccc3n3c4ccccc4n(-c4ccc5c(c4)-c4ccccc4C54c5ccccc5-c5ccccc54)c23)cc1. The van der Waals surface area contributed by atoms with E-state index in [-0.39, 0.29) is 5.41 Å². The molecule has 2 heterocycles. The van der Waals surface area contributed by atoms with E-state index in [2.05, 4.69) is 179 Å². The summed E-state index contributed by atoms with van der Waals surface area (Å²) >= 11 is 0. The highest BCUT2D eigenvalue weighted by atomic mass is 15.1. The molecule has 11 rings (SSSR count). The van der Waals surface area contributed by atoms with Gasteiger partial charge in [-0.25, -0.2) is 0 Å². The summed E-state index contributed by atoms with van der Waals surface area (Å²) in [6.45, 7) is 0. The van der Waals surface area contributed by atoms with Crippen molar-refractivity contribution in [3.63, 3.8) is 0 Å². The summed E-state index contributed by atoms with van der Waals surface area (Å²) in [4.78, 5) is 0. The van der Waals surface area contributed by atoms with Crippen LogP contribution in [0.5, 0.6) is 0 Å². The lowest BCUT2D eigenvalue weighted by Crippen LogP contribution is -2.25. The molecule has 0 saturated carbocycles. The lowest BCUT2D eigenvalue weighted by atomic mass is 9.70. The van der Waals surface area contributed by atoms with Gasteiger partial charge < -0.3 is 0 Å². The minimum absolute atomic E-state index is 0.343. The molecule has 2 aliphatic rings. The van der Waals surface area contributed by atoms with E-state index >= 15 is 0 Å². The van der Waals surface area contributed by atoms with Crippen molar-refractivity contribution in [1.29, 1.82) is 0 Å². The highest BCUT2D eigenvalue weighted by molar-refractivity contribution is 6.09. The second-order valence-electron chi connectivity index (χ2n) is 12.9. The fraction of sp³-hybridized carbons (Fsp3) is 0.0222. The molecule has 2 heteroatoms. The first-order valence-corrected chi connectivity index (χ1v) is 16.4. The van der Waals surface area contributed by atoms with E-state index in [0.29, 0.717) is 0 Å². The summed E-state index contributed by atoms with van der Waals surface area (Å²) in [6.07, 6.45) is 0. The molecule has 0 radical (unpaired) electrons. The second kappa shape index (κ2) is 8.99. The molecular formula is C45H28N2. The van der Waals surface area contributed by atoms with E-state index < -0.39 is 0 Å². The first-order valence-electron chi connectivity index (χ1n) is 16.4. The van der Waals surface area contributed by atoms with Gasteiger partial charge in [0.25, 0.3) is 0 Å². The first kappa shape index (κ1) is 25.1. The Hall–Kier alpha value is -6.12. The highest BCUT2D eigenvalue weighted by Gasteiger charge is 2.51. The zero-order valence-electron chi connectivity index (χ0n) is 25.6. The highest BCUT2D eigenvalue weighted by Crippen LogP contribution is 2.62. The lowest BCUT2D eigenvalue weighted by molar-refractivity contribution is 0.793. The zero-order chi connectivity index (χ0) is 30.7. The second-order valence-corrected chi connectivity index (χ2v) is 12.9. The molecule has 2 aliphatic carbocycles. The molecule has 9 aromatic rings. The van der Waals surface area contributed by atoms with Crippen LogP contribution in [0.1, 0.15) is 22.3 Å². The van der Waals surface area contributed by atoms with Crippen LogP contribution in [0.25, 0.3) is 66.7 Å². The number of hydrogen-bond donors (Lipinski definition) is 0. The molecule has 218 valence electrons. The Labute approximate surface area is 272 Å². The molecule has 47 heavy (non-hydrogen) atoms. The smallest absolute Gasteiger partial charge is 0.131 e. The van der Waals surface area contributed by atoms with Crippen molar-refractivity contribution in [2.24, 2.45) is 0 Å². The van der Waals surface area contributed by atoms with E-state index in [1.54, 1.807) is 0 Å². The van der Waals surface area contributed by atoms with Crippen molar-refractivity contribution in [1.82, 2.24) is 8.97 Å². The predicted octanol–water partition coefficient (Wildman–Crippen LogP) is 11.0. The summed E-state index contributed by atoms with van der Waals surface area (Å²) in [7, 11) is 0. The van der Waals surface area contributed by atoms with Gasteiger partial charge in [0.15, 0.2) is 0 Å². The topological polar surface area (TPSA) is 9.34 Å². The molecule has 0 saturated heterocycles. The van der Waals surface area contributed by atoms with E-state index in [4.69, 9.17) is 0 Å². The molecular weight excluding hydrogens is 569 g/mol. The minimum Gasteiger partial charge on any atom is -0.293 e. The summed E-state index contributed by atoms with van der Waals surface area (Å²) in [5.41, 5.74) is 18.9. The van der Waals surface area contributed by atoms with E-state index in [0.717, 1.165) is 0 Å². The quantitative estimate of drug-likeness (QED) is 0.188. The van der Waals surface area contributed by atoms with Crippen molar-refractivity contribution in [3.05, 3.63) is 192 Å². The van der Waals surface area contributed by atoms with E-state index in [9.17, 15) is 0 Å². The standard InChI is InChI=1S/C45H28N2/c1-2-14-29(15-3-1)43-34-19-7-11-23-40(34)47-42-25-13-12-24-41(42)46(44(43)47)30-26-27-39-35(28-30)33-18-6-10-22-38(33)45(39)36-20-8-4-16-31(36)32-17-5-9-21-37(32)45/h1-28H. The van der Waals surface area contributed by atoms with E-state index in [1.165, 1.54) is 88.9 Å². The Balaban J connectivity index is 1.27. The number of nitrogens with zero attached hydrogens (tertiary/aromatic N) is 2. The van der Waals surface area contributed by atoms with Crippen LogP contribution in [0.3, 0.4) is 0 Å². The van der Waals surface area contributed by atoms with Crippen LogP contribution in [0, 0.1) is 0 Å². The van der Waals surface area contributed by atoms with Crippen LogP contribution in [0.15, 0.2) is 170 Å². The summed E-state index contributed by atoms with van der Waals surface area (Å²) < 4.78 is 4.95. The average Bonchev–Trinajstić information content (AvgIpc) is 3.84. The molecule has 0 unspecified atom stereocenters. The number of rotatable bonds is 2. The molecule has 0 fully saturated rings. The van der Waals surface area contributed by atoms with Gasteiger partial charge in [0.1, 0.15) is 5.65 Å². The number of benzene rings is 7. The van der Waals surface area contributed by atoms with Gasteiger partial charge in [-0.2, -0.15) is 0 Å². The van der Waals surface area contributed by atoms with Gasteiger partial charge in [-0.3, -0.25) is 8.97 Å². The molecule has 0 N–H and O–H groups in total. The fourth-order valence-corrected chi connectivity index (χ4v) is 9.02. The van der Waals surface area contributed by atoms with Crippen LogP contribution in [0.4, 0.5) is 0 Å². The summed E-state index contributed by atoms with van der Waals surface area (Å²) in [5, 5.41) is 1.26. The van der Waals surface area contributed by atoms with E-state index in [1.807, 2.05) is 0 Å². The van der Waals surface area contributed by atoms with Crippen molar-refractivity contribution < 1.29 is 0 Å². The van der Waals surface area contributed by atoms with Gasteiger partial charge in [0.2, 0.25) is 0 Å². The molecule has 2 aromatic heterocycles. The Morgan fingerprint density at radius 2 is 0.894 bits per heavy atom. The van der Waals surface area contributed by atoms with Crippen molar-refractivity contribution >= 4 is 27.6 Å². The Bertz CT molecular complexity index is 2690. The first-order chi connectivity index (χ1) is 23.4.